The summed E-state index contributed by atoms with van der Waals surface area (Å²) in [6.07, 6.45) is 0. The predicted molar refractivity (Wildman–Crippen MR) is 94.9 cm³/mol. The molecule has 0 aliphatic rings. The average Bonchev–Trinajstić information content (AvgIpc) is 2.54. The average molecular weight is 373 g/mol. The Morgan fingerprint density at radius 2 is 1.83 bits per heavy atom. The van der Waals surface area contributed by atoms with Gasteiger partial charge in [0.25, 0.3) is 5.91 Å². The van der Waals surface area contributed by atoms with E-state index in [1.807, 2.05) is 13.0 Å². The predicted octanol–water partition coefficient (Wildman–Crippen LogP) is 5.32. The van der Waals surface area contributed by atoms with E-state index >= 15 is 0 Å². The molecule has 0 N–H and O–H groups in total. The van der Waals surface area contributed by atoms with E-state index in [0.717, 1.165) is 5.56 Å². The number of hydrogen-bond donors (Lipinski definition) is 0. The molecule has 0 radical (unpaired) electrons. The summed E-state index contributed by atoms with van der Waals surface area (Å²) < 4.78 is 5.16. The van der Waals surface area contributed by atoms with Crippen molar-refractivity contribution in [2.45, 2.75) is 13.5 Å². The van der Waals surface area contributed by atoms with Crippen molar-refractivity contribution < 1.29 is 9.53 Å². The van der Waals surface area contributed by atoms with E-state index in [1.54, 1.807) is 42.3 Å². The Kier molecular flexibility index (Phi) is 6.17. The molecule has 122 valence electrons. The van der Waals surface area contributed by atoms with E-state index in [0.29, 0.717) is 39.5 Å². The molecule has 0 saturated heterocycles. The highest BCUT2D eigenvalue weighted by Crippen LogP contribution is 2.26. The van der Waals surface area contributed by atoms with Crippen molar-refractivity contribution in [3.05, 3.63) is 62.6 Å². The van der Waals surface area contributed by atoms with Gasteiger partial charge in [-0.2, -0.15) is 0 Å². The number of benzene rings is 2. The maximum Gasteiger partial charge on any atom is 0.255 e. The molecule has 0 aliphatic carbocycles. The Morgan fingerprint density at radius 3 is 2.43 bits per heavy atom. The van der Waals surface area contributed by atoms with Crippen molar-refractivity contribution in [2.24, 2.45) is 0 Å². The van der Waals surface area contributed by atoms with Gasteiger partial charge in [0, 0.05) is 23.1 Å². The summed E-state index contributed by atoms with van der Waals surface area (Å²) in [7, 11) is 1.54. The highest BCUT2D eigenvalue weighted by atomic mass is 35.5. The Labute approximate surface area is 150 Å². The molecule has 0 heterocycles. The lowest BCUT2D eigenvalue weighted by atomic mass is 10.1. The van der Waals surface area contributed by atoms with E-state index in [-0.39, 0.29) is 5.91 Å². The van der Waals surface area contributed by atoms with Crippen LogP contribution in [0.5, 0.6) is 5.75 Å². The van der Waals surface area contributed by atoms with Crippen molar-refractivity contribution in [1.29, 1.82) is 0 Å². The Bertz CT molecular complexity index is 719. The van der Waals surface area contributed by atoms with Gasteiger partial charge >= 0.3 is 0 Å². The first-order chi connectivity index (χ1) is 11.0. The number of rotatable bonds is 5. The third-order valence-corrected chi connectivity index (χ3v) is 4.37. The molecule has 6 heteroatoms. The summed E-state index contributed by atoms with van der Waals surface area (Å²) in [5, 5.41) is 1.47. The highest BCUT2D eigenvalue weighted by molar-refractivity contribution is 6.35. The van der Waals surface area contributed by atoms with Gasteiger partial charge in [0.1, 0.15) is 5.75 Å². The van der Waals surface area contributed by atoms with Crippen LogP contribution in [0.1, 0.15) is 22.8 Å². The lowest BCUT2D eigenvalue weighted by molar-refractivity contribution is 0.0752. The van der Waals surface area contributed by atoms with E-state index in [2.05, 4.69) is 0 Å². The van der Waals surface area contributed by atoms with Crippen LogP contribution < -0.4 is 4.74 Å². The molecule has 0 atom stereocenters. The summed E-state index contributed by atoms with van der Waals surface area (Å²) in [4.78, 5) is 14.4. The monoisotopic (exact) mass is 371 g/mol. The molecule has 0 bridgehead atoms. The summed E-state index contributed by atoms with van der Waals surface area (Å²) in [5.41, 5.74) is 1.23. The molecule has 3 nitrogen and oxygen atoms in total. The maximum atomic E-state index is 12.8. The van der Waals surface area contributed by atoms with Gasteiger partial charge in [-0.05, 0) is 42.8 Å². The molecule has 1 amide bonds. The first-order valence-electron chi connectivity index (χ1n) is 7.03. The van der Waals surface area contributed by atoms with Crippen LogP contribution in [0, 0.1) is 0 Å². The summed E-state index contributed by atoms with van der Waals surface area (Å²) >= 11 is 18.3. The Morgan fingerprint density at radius 1 is 1.09 bits per heavy atom. The molecular formula is C17H16Cl3NO2. The van der Waals surface area contributed by atoms with E-state index in [1.165, 1.54) is 0 Å². The summed E-state index contributed by atoms with van der Waals surface area (Å²) in [5.74, 6) is 0.403. The molecule has 0 unspecified atom stereocenters. The van der Waals surface area contributed by atoms with Crippen LogP contribution in [0.25, 0.3) is 0 Å². The van der Waals surface area contributed by atoms with Crippen molar-refractivity contribution in [2.75, 3.05) is 13.7 Å². The fourth-order valence-electron chi connectivity index (χ4n) is 2.15. The van der Waals surface area contributed by atoms with Gasteiger partial charge in [-0.25, -0.2) is 0 Å². The van der Waals surface area contributed by atoms with Gasteiger partial charge < -0.3 is 9.64 Å². The van der Waals surface area contributed by atoms with Crippen LogP contribution in [0.2, 0.25) is 15.1 Å². The zero-order valence-electron chi connectivity index (χ0n) is 12.8. The minimum Gasteiger partial charge on any atom is -0.497 e. The van der Waals surface area contributed by atoms with Crippen LogP contribution in [0.3, 0.4) is 0 Å². The number of carbonyl (C=O) groups is 1. The normalized spacial score (nSPS) is 10.5. The van der Waals surface area contributed by atoms with E-state index in [9.17, 15) is 4.79 Å². The zero-order valence-corrected chi connectivity index (χ0v) is 15.0. The Balaban J connectivity index is 2.28. The first kappa shape index (κ1) is 17.9. The minimum absolute atomic E-state index is 0.178. The largest absolute Gasteiger partial charge is 0.497 e. The van der Waals surface area contributed by atoms with Crippen LogP contribution in [-0.2, 0) is 6.54 Å². The lowest BCUT2D eigenvalue weighted by Gasteiger charge is -2.22. The minimum atomic E-state index is -0.178. The maximum absolute atomic E-state index is 12.8. The first-order valence-corrected chi connectivity index (χ1v) is 8.16. The van der Waals surface area contributed by atoms with Crippen molar-refractivity contribution >= 4 is 40.7 Å². The van der Waals surface area contributed by atoms with Crippen LogP contribution in [0.4, 0.5) is 0 Å². The SMILES string of the molecule is CCN(Cc1ccc(Cl)cc1Cl)C(=O)c1cc(OC)ccc1Cl. The second-order valence-corrected chi connectivity index (χ2v) is 6.15. The molecule has 2 aromatic rings. The molecule has 2 rings (SSSR count). The highest BCUT2D eigenvalue weighted by Gasteiger charge is 2.19. The molecule has 0 saturated carbocycles. The quantitative estimate of drug-likeness (QED) is 0.711. The lowest BCUT2D eigenvalue weighted by Crippen LogP contribution is -2.30. The summed E-state index contributed by atoms with van der Waals surface area (Å²) in [6, 6.07) is 10.2. The van der Waals surface area contributed by atoms with Crippen molar-refractivity contribution in [3.63, 3.8) is 0 Å². The molecule has 0 aromatic heterocycles. The van der Waals surface area contributed by atoms with E-state index < -0.39 is 0 Å². The number of halogens is 3. The number of carbonyl (C=O) groups excluding carboxylic acids is 1. The number of nitrogens with zero attached hydrogens (tertiary/aromatic N) is 1. The topological polar surface area (TPSA) is 29.5 Å². The summed E-state index contributed by atoms with van der Waals surface area (Å²) in [6.45, 7) is 2.79. The fraction of sp³-hybridized carbons (Fsp3) is 0.235. The molecular weight excluding hydrogens is 357 g/mol. The fourth-order valence-corrected chi connectivity index (χ4v) is 2.81. The van der Waals surface area contributed by atoms with Crippen LogP contribution >= 0.6 is 34.8 Å². The van der Waals surface area contributed by atoms with Gasteiger partial charge in [-0.1, -0.05) is 40.9 Å². The molecule has 0 spiro atoms. The third-order valence-electron chi connectivity index (χ3n) is 3.45. The zero-order chi connectivity index (χ0) is 17.0. The van der Waals surface area contributed by atoms with E-state index in [4.69, 9.17) is 39.5 Å². The molecule has 0 aliphatic heterocycles. The second-order valence-electron chi connectivity index (χ2n) is 4.90. The van der Waals surface area contributed by atoms with Gasteiger partial charge in [0.15, 0.2) is 0 Å². The second kappa shape index (κ2) is 7.91. The molecule has 0 fully saturated rings. The number of methoxy groups -OCH3 is 1. The van der Waals surface area contributed by atoms with Crippen molar-refractivity contribution in [1.82, 2.24) is 4.90 Å². The number of ether oxygens (including phenoxy) is 1. The molecule has 2 aromatic carbocycles. The standard InChI is InChI=1S/C17H16Cl3NO2/c1-3-21(10-11-4-5-12(18)8-16(11)20)17(22)14-9-13(23-2)6-7-15(14)19/h4-9H,3,10H2,1-2H3. The van der Waals surface area contributed by atoms with Gasteiger partial charge in [0.05, 0.1) is 17.7 Å². The van der Waals surface area contributed by atoms with Crippen LogP contribution in [0.15, 0.2) is 36.4 Å². The van der Waals surface area contributed by atoms with Gasteiger partial charge in [-0.15, -0.1) is 0 Å². The Hall–Kier alpha value is -1.42. The van der Waals surface area contributed by atoms with Gasteiger partial charge in [0.2, 0.25) is 0 Å². The molecule has 23 heavy (non-hydrogen) atoms. The third kappa shape index (κ3) is 4.31. The van der Waals surface area contributed by atoms with Gasteiger partial charge in [-0.3, -0.25) is 4.79 Å². The van der Waals surface area contributed by atoms with Crippen LogP contribution in [-0.4, -0.2) is 24.5 Å². The number of amides is 1. The smallest absolute Gasteiger partial charge is 0.255 e. The number of hydrogen-bond acceptors (Lipinski definition) is 2. The van der Waals surface area contributed by atoms with Crippen molar-refractivity contribution in [3.8, 4) is 5.75 Å².